The van der Waals surface area contributed by atoms with Gasteiger partial charge in [0.05, 0.1) is 0 Å². The molecule has 0 heterocycles. The van der Waals surface area contributed by atoms with E-state index in [-0.39, 0.29) is 46.5 Å². The summed E-state index contributed by atoms with van der Waals surface area (Å²) in [7, 11) is 0. The van der Waals surface area contributed by atoms with E-state index in [2.05, 4.69) is 175 Å². The number of fused-ring (bicyclic) bond motifs is 3. The van der Waals surface area contributed by atoms with Crippen LogP contribution in [0, 0.1) is 6.92 Å². The van der Waals surface area contributed by atoms with Crippen LogP contribution in [0.2, 0.25) is 5.02 Å². The molecule has 0 atom stereocenters. The van der Waals surface area contributed by atoms with Crippen LogP contribution in [0.15, 0.2) is 94.3 Å². The normalized spacial score (nSPS) is 14.7. The fourth-order valence-corrected chi connectivity index (χ4v) is 17.2. The predicted molar refractivity (Wildman–Crippen MR) is 216 cm³/mol. The molecule has 0 radical (unpaired) electrons. The molecule has 4 aromatic rings. The molecule has 4 aromatic carbocycles. The van der Waals surface area contributed by atoms with Gasteiger partial charge >= 0.3 is 318 Å². The van der Waals surface area contributed by atoms with Crippen molar-refractivity contribution in [2.75, 3.05) is 0 Å². The maximum absolute atomic E-state index is 6.83. The molecule has 274 valence electrons. The molecule has 2 aliphatic carbocycles. The Morgan fingerprint density at radius 3 is 1.46 bits per heavy atom. The van der Waals surface area contributed by atoms with E-state index >= 15 is 0 Å². The molecule has 0 aromatic heterocycles. The number of aryl methyl sites for hydroxylation is 1. The summed E-state index contributed by atoms with van der Waals surface area (Å²) in [5.74, 6) is 0. The average Bonchev–Trinajstić information content (AvgIpc) is 3.64. The van der Waals surface area contributed by atoms with Gasteiger partial charge in [-0.1, -0.05) is 0 Å². The largest absolute Gasteiger partial charge is 1.00 e. The molecule has 0 nitrogen and oxygen atoms in total. The van der Waals surface area contributed by atoms with Crippen LogP contribution in [0.4, 0.5) is 0 Å². The molecule has 2 aliphatic rings. The van der Waals surface area contributed by atoms with Gasteiger partial charge in [0, 0.05) is 0 Å². The maximum Gasteiger partial charge on any atom is -1.00 e. The van der Waals surface area contributed by atoms with Crippen LogP contribution < -0.4 is 24.8 Å². The molecule has 0 spiro atoms. The topological polar surface area (TPSA) is 0 Å². The molecule has 52 heavy (non-hydrogen) atoms. The molecule has 0 saturated heterocycles. The first-order valence-electron chi connectivity index (χ1n) is 18.5. The van der Waals surface area contributed by atoms with Crippen LogP contribution in [0.25, 0.3) is 11.1 Å². The molecule has 0 N–H and O–H groups in total. The van der Waals surface area contributed by atoms with Crippen molar-refractivity contribution in [3.8, 4) is 11.1 Å². The first kappa shape index (κ1) is 42.7. The molecule has 0 saturated carbocycles. The summed E-state index contributed by atoms with van der Waals surface area (Å²) in [5.41, 5.74) is 15.9. The van der Waals surface area contributed by atoms with E-state index in [1.54, 1.807) is 6.49 Å². The van der Waals surface area contributed by atoms with Gasteiger partial charge in [-0.2, -0.15) is 0 Å². The minimum Gasteiger partial charge on any atom is -1.00 e. The number of hydrogen-bond donors (Lipinski definition) is 0. The summed E-state index contributed by atoms with van der Waals surface area (Å²) < 4.78 is 3.53. The van der Waals surface area contributed by atoms with E-state index < -0.39 is 21.3 Å². The number of allylic oxidation sites excluding steroid dienone is 4. The third-order valence-electron chi connectivity index (χ3n) is 10.7. The Labute approximate surface area is 340 Å². The SMILES string of the molecule is Cc1ccc(/[C](c2cccc(Cl)c2)=[Zr+2](\[C]2=CC=CC2)[CH]2c3cc(C(C)(C)C)c(C(C)(C)C)cc3-c3cc(C(C)(C)C)c(C(C)(C)C)cc32)cc1.[Cl-].[Cl-]. The van der Waals surface area contributed by atoms with Crippen molar-refractivity contribution in [1.82, 2.24) is 0 Å². The van der Waals surface area contributed by atoms with E-state index in [1.165, 1.54) is 61.2 Å². The van der Waals surface area contributed by atoms with Gasteiger partial charge in [0.15, 0.2) is 0 Å². The van der Waals surface area contributed by atoms with Crippen molar-refractivity contribution in [1.29, 1.82) is 0 Å². The quantitative estimate of drug-likeness (QED) is 0.199. The zero-order chi connectivity index (χ0) is 36.6. The number of halogens is 3. The average molecular weight is 832 g/mol. The van der Waals surface area contributed by atoms with E-state index in [4.69, 9.17) is 11.6 Å². The fourth-order valence-electron chi connectivity index (χ4n) is 8.12. The Hall–Kier alpha value is -2.02. The van der Waals surface area contributed by atoms with Gasteiger partial charge < -0.3 is 24.8 Å². The smallest absolute Gasteiger partial charge is 1.00 e. The molecule has 6 rings (SSSR count). The summed E-state index contributed by atoms with van der Waals surface area (Å²) in [6.45, 7) is 30.9. The van der Waals surface area contributed by atoms with E-state index in [9.17, 15) is 0 Å². The molecule has 4 heteroatoms. The molecule has 0 fully saturated rings. The first-order valence-corrected chi connectivity index (χ1v) is 22.7. The predicted octanol–water partition coefficient (Wildman–Crippen LogP) is 7.65. The van der Waals surface area contributed by atoms with Gasteiger partial charge in [0.1, 0.15) is 0 Å². The number of hydrogen-bond acceptors (Lipinski definition) is 0. The Bertz CT molecular complexity index is 1980. The Morgan fingerprint density at radius 2 is 1.06 bits per heavy atom. The van der Waals surface area contributed by atoms with E-state index in [0.29, 0.717) is 3.63 Å². The summed E-state index contributed by atoms with van der Waals surface area (Å²) in [6.07, 6.45) is 8.20. The maximum atomic E-state index is 6.83. The van der Waals surface area contributed by atoms with Crippen molar-refractivity contribution in [2.45, 2.75) is 122 Å². The van der Waals surface area contributed by atoms with Crippen molar-refractivity contribution >= 4 is 14.8 Å². The third-order valence-corrected chi connectivity index (χ3v) is 19.2. The number of rotatable bonds is 4. The van der Waals surface area contributed by atoms with Crippen molar-refractivity contribution < 1.29 is 46.1 Å². The Kier molecular flexibility index (Phi) is 12.5. The molecular formula is C48H57Cl3Zr. The monoisotopic (exact) mass is 828 g/mol. The zero-order valence-corrected chi connectivity index (χ0v) is 38.3. The number of benzene rings is 4. The Morgan fingerprint density at radius 1 is 0.596 bits per heavy atom. The molecule has 0 bridgehead atoms. The van der Waals surface area contributed by atoms with Gasteiger partial charge in [-0.05, 0) is 0 Å². The summed E-state index contributed by atoms with van der Waals surface area (Å²) in [6, 6.07) is 28.6. The molecular weight excluding hydrogens is 774 g/mol. The summed E-state index contributed by atoms with van der Waals surface area (Å²) in [5, 5.41) is 0.801. The minimum atomic E-state index is -2.91. The van der Waals surface area contributed by atoms with Crippen LogP contribution in [-0.2, 0) is 42.9 Å². The second kappa shape index (κ2) is 15.3. The fraction of sp³-hybridized carbons (Fsp3) is 0.396. The summed E-state index contributed by atoms with van der Waals surface area (Å²) >= 11 is 3.92. The van der Waals surface area contributed by atoms with E-state index in [0.717, 1.165) is 11.4 Å². The van der Waals surface area contributed by atoms with Crippen molar-refractivity contribution in [2.24, 2.45) is 0 Å². The molecule has 0 aliphatic heterocycles. The van der Waals surface area contributed by atoms with Crippen LogP contribution in [0.5, 0.6) is 0 Å². The second-order valence-electron chi connectivity index (χ2n) is 18.9. The molecule has 0 unspecified atom stereocenters. The second-order valence-corrected chi connectivity index (χ2v) is 25.6. The van der Waals surface area contributed by atoms with Gasteiger partial charge in [0.2, 0.25) is 0 Å². The molecule has 0 amide bonds. The Balaban J connectivity index is 0.00000302. The first-order chi connectivity index (χ1) is 23.2. The minimum absolute atomic E-state index is 0. The van der Waals surface area contributed by atoms with Crippen molar-refractivity contribution in [3.63, 3.8) is 0 Å². The van der Waals surface area contributed by atoms with Crippen LogP contribution in [-0.4, -0.2) is 3.21 Å². The zero-order valence-electron chi connectivity index (χ0n) is 33.6. The van der Waals surface area contributed by atoms with Crippen LogP contribution in [0.3, 0.4) is 0 Å². The van der Waals surface area contributed by atoms with Gasteiger partial charge in [-0.3, -0.25) is 0 Å². The van der Waals surface area contributed by atoms with Crippen molar-refractivity contribution in [3.05, 3.63) is 149 Å². The van der Waals surface area contributed by atoms with Crippen LogP contribution in [0.1, 0.15) is 143 Å². The van der Waals surface area contributed by atoms with E-state index in [1.807, 2.05) is 6.07 Å². The summed E-state index contributed by atoms with van der Waals surface area (Å²) in [4.78, 5) is 0. The van der Waals surface area contributed by atoms with Gasteiger partial charge in [-0.15, -0.1) is 0 Å². The third kappa shape index (κ3) is 8.30. The standard InChI is InChI=1S/C29H41.C14H11Cl.C5H5.2ClH.Zr/c1-26(2,3)22-14-18-13-19-15-23(27(4,5)6)25(29(10,11)12)17-21(19)20(18)16-24(22)28(7,8)9;1-11-5-7-12(8-6-11)9-13-3-2-4-14(15)10-13;1-2-4-5-3-1;;;/h13-17H,1-12H3;2-8,10H,1H3;1-3H,4H2;2*1H;/q;;;;;+2/p-2. The van der Waals surface area contributed by atoms with Gasteiger partial charge in [-0.25, -0.2) is 0 Å². The van der Waals surface area contributed by atoms with Gasteiger partial charge in [0.25, 0.3) is 0 Å². The van der Waals surface area contributed by atoms with Crippen LogP contribution >= 0.6 is 11.6 Å².